The van der Waals surface area contributed by atoms with Gasteiger partial charge in [-0.15, -0.1) is 11.3 Å². The number of hydrogen-bond donors (Lipinski definition) is 1. The number of amides is 2. The van der Waals surface area contributed by atoms with E-state index in [0.717, 1.165) is 6.42 Å². The largest absolute Gasteiger partial charge is 0.461 e. The van der Waals surface area contributed by atoms with E-state index in [1.807, 2.05) is 20.8 Å². The summed E-state index contributed by atoms with van der Waals surface area (Å²) in [6, 6.07) is -0.161. The fourth-order valence-electron chi connectivity index (χ4n) is 1.90. The maximum atomic E-state index is 12.5. The van der Waals surface area contributed by atoms with E-state index in [4.69, 9.17) is 9.47 Å². The van der Waals surface area contributed by atoms with Crippen molar-refractivity contribution < 1.29 is 19.1 Å². The predicted octanol–water partition coefficient (Wildman–Crippen LogP) is 2.67. The van der Waals surface area contributed by atoms with Gasteiger partial charge in [-0.2, -0.15) is 0 Å². The first-order chi connectivity index (χ1) is 11.3. The summed E-state index contributed by atoms with van der Waals surface area (Å²) in [5, 5.41) is 5.30. The second kappa shape index (κ2) is 9.58. The quantitative estimate of drug-likeness (QED) is 0.571. The third kappa shape index (κ3) is 7.27. The van der Waals surface area contributed by atoms with Crippen LogP contribution in [-0.2, 0) is 16.0 Å². The van der Waals surface area contributed by atoms with E-state index in [-0.39, 0.29) is 17.3 Å². The summed E-state index contributed by atoms with van der Waals surface area (Å²) in [5.41, 5.74) is -0.0415. The highest BCUT2D eigenvalue weighted by atomic mass is 32.1. The number of nitrogens with zero attached hydrogens (tertiary/aromatic N) is 2. The fraction of sp³-hybridized carbons (Fsp3) is 0.688. The number of ether oxygens (including phenoxy) is 2. The number of carbonyl (C=O) groups excluding carboxylic acids is 2. The molecule has 1 N–H and O–H groups in total. The maximum Gasteiger partial charge on any atom is 0.357 e. The fourth-order valence-corrected chi connectivity index (χ4v) is 2.68. The molecule has 0 radical (unpaired) electrons. The molecule has 1 aromatic heterocycles. The number of nitrogens with one attached hydrogen (secondary N) is 1. The van der Waals surface area contributed by atoms with Crippen LogP contribution < -0.4 is 5.32 Å². The van der Waals surface area contributed by atoms with Gasteiger partial charge in [0.1, 0.15) is 5.01 Å². The lowest BCUT2D eigenvalue weighted by Crippen LogP contribution is -2.48. The van der Waals surface area contributed by atoms with Gasteiger partial charge < -0.3 is 19.7 Å². The first kappa shape index (κ1) is 20.4. The van der Waals surface area contributed by atoms with E-state index in [1.165, 1.54) is 11.3 Å². The zero-order chi connectivity index (χ0) is 18.2. The van der Waals surface area contributed by atoms with E-state index < -0.39 is 5.97 Å². The Labute approximate surface area is 147 Å². The summed E-state index contributed by atoms with van der Waals surface area (Å²) in [6.07, 6.45) is 0.726. The van der Waals surface area contributed by atoms with E-state index >= 15 is 0 Å². The summed E-state index contributed by atoms with van der Waals surface area (Å²) in [7, 11) is 1.63. The Balaban J connectivity index is 2.76. The van der Waals surface area contributed by atoms with Gasteiger partial charge in [0, 0.05) is 31.2 Å². The van der Waals surface area contributed by atoms with Crippen LogP contribution >= 0.6 is 11.3 Å². The van der Waals surface area contributed by atoms with Crippen LogP contribution in [0.2, 0.25) is 0 Å². The van der Waals surface area contributed by atoms with Gasteiger partial charge in [-0.25, -0.2) is 14.6 Å². The van der Waals surface area contributed by atoms with Crippen LogP contribution in [0.25, 0.3) is 0 Å². The van der Waals surface area contributed by atoms with Crippen LogP contribution in [0.5, 0.6) is 0 Å². The SMILES string of the molecule is CCOC(=O)c1csc(CN(CCCOC)C(=O)NC(C)(C)C)n1. The minimum absolute atomic E-state index is 0.161. The van der Waals surface area contributed by atoms with Gasteiger partial charge in [-0.3, -0.25) is 0 Å². The van der Waals surface area contributed by atoms with E-state index in [9.17, 15) is 9.59 Å². The molecule has 8 heteroatoms. The van der Waals surface area contributed by atoms with Crippen molar-refractivity contribution in [3.05, 3.63) is 16.1 Å². The van der Waals surface area contributed by atoms with Crippen LogP contribution in [0.1, 0.15) is 49.6 Å². The number of thiazole rings is 1. The molecule has 136 valence electrons. The Hall–Kier alpha value is -1.67. The van der Waals surface area contributed by atoms with Gasteiger partial charge in [0.25, 0.3) is 0 Å². The average Bonchev–Trinajstić information content (AvgIpc) is 2.93. The smallest absolute Gasteiger partial charge is 0.357 e. The van der Waals surface area contributed by atoms with Gasteiger partial charge in [-0.05, 0) is 34.1 Å². The van der Waals surface area contributed by atoms with Gasteiger partial charge in [0.15, 0.2) is 5.69 Å². The minimum Gasteiger partial charge on any atom is -0.461 e. The number of carbonyl (C=O) groups is 2. The molecule has 0 aliphatic heterocycles. The van der Waals surface area contributed by atoms with Crippen molar-refractivity contribution in [3.63, 3.8) is 0 Å². The van der Waals surface area contributed by atoms with Crippen LogP contribution in [0.15, 0.2) is 5.38 Å². The van der Waals surface area contributed by atoms with Crippen LogP contribution in [-0.4, -0.2) is 54.3 Å². The molecule has 0 bridgehead atoms. The van der Waals surface area contributed by atoms with Crippen LogP contribution in [0.3, 0.4) is 0 Å². The highest BCUT2D eigenvalue weighted by Crippen LogP contribution is 2.14. The second-order valence-electron chi connectivity index (χ2n) is 6.30. The molecule has 1 heterocycles. The Morgan fingerprint density at radius 2 is 2.08 bits per heavy atom. The Bertz CT molecular complexity index is 540. The number of aromatic nitrogens is 1. The lowest BCUT2D eigenvalue weighted by molar-refractivity contribution is 0.0520. The molecule has 0 saturated carbocycles. The van der Waals surface area contributed by atoms with Crippen molar-refractivity contribution in [1.82, 2.24) is 15.2 Å². The predicted molar refractivity (Wildman–Crippen MR) is 93.3 cm³/mol. The third-order valence-corrected chi connectivity index (χ3v) is 3.74. The molecule has 7 nitrogen and oxygen atoms in total. The second-order valence-corrected chi connectivity index (χ2v) is 7.24. The minimum atomic E-state index is -0.440. The van der Waals surface area contributed by atoms with Crippen molar-refractivity contribution in [2.45, 2.75) is 46.2 Å². The highest BCUT2D eigenvalue weighted by molar-refractivity contribution is 7.09. The molecule has 0 atom stereocenters. The van der Waals surface area contributed by atoms with Crippen molar-refractivity contribution in [2.75, 3.05) is 26.9 Å². The normalized spacial score (nSPS) is 11.2. The summed E-state index contributed by atoms with van der Waals surface area (Å²) in [4.78, 5) is 30.1. The standard InChI is InChI=1S/C16H27N3O4S/c1-6-23-14(20)12-11-24-13(17-12)10-19(8-7-9-22-5)15(21)18-16(2,3)4/h11H,6-10H2,1-5H3,(H,18,21). The van der Waals surface area contributed by atoms with E-state index in [2.05, 4.69) is 10.3 Å². The molecule has 1 rings (SSSR count). The Morgan fingerprint density at radius 1 is 1.38 bits per heavy atom. The molecule has 0 saturated heterocycles. The third-order valence-electron chi connectivity index (χ3n) is 2.91. The van der Waals surface area contributed by atoms with E-state index in [1.54, 1.807) is 24.3 Å². The molecular formula is C16H27N3O4S. The van der Waals surface area contributed by atoms with Crippen LogP contribution in [0, 0.1) is 0 Å². The zero-order valence-corrected chi connectivity index (χ0v) is 15.9. The molecule has 0 unspecified atom stereocenters. The average molecular weight is 357 g/mol. The highest BCUT2D eigenvalue weighted by Gasteiger charge is 2.21. The van der Waals surface area contributed by atoms with Crippen molar-refractivity contribution in [1.29, 1.82) is 0 Å². The number of hydrogen-bond acceptors (Lipinski definition) is 6. The summed E-state index contributed by atoms with van der Waals surface area (Å²) in [5.74, 6) is -0.440. The molecule has 2 amide bonds. The molecule has 0 fully saturated rings. The Morgan fingerprint density at radius 3 is 2.67 bits per heavy atom. The first-order valence-corrected chi connectivity index (χ1v) is 8.82. The Kier molecular flexibility index (Phi) is 8.14. The van der Waals surface area contributed by atoms with E-state index in [0.29, 0.717) is 31.3 Å². The van der Waals surface area contributed by atoms with Crippen molar-refractivity contribution in [2.24, 2.45) is 0 Å². The van der Waals surface area contributed by atoms with Crippen molar-refractivity contribution in [3.8, 4) is 0 Å². The summed E-state index contributed by atoms with van der Waals surface area (Å²) < 4.78 is 9.99. The van der Waals surface area contributed by atoms with Gasteiger partial charge in [-0.1, -0.05) is 0 Å². The summed E-state index contributed by atoms with van der Waals surface area (Å²) >= 11 is 1.34. The monoisotopic (exact) mass is 357 g/mol. The topological polar surface area (TPSA) is 80.8 Å². The molecule has 0 aliphatic rings. The molecular weight excluding hydrogens is 330 g/mol. The zero-order valence-electron chi connectivity index (χ0n) is 15.0. The summed E-state index contributed by atoms with van der Waals surface area (Å²) in [6.45, 7) is 9.31. The lowest BCUT2D eigenvalue weighted by Gasteiger charge is -2.28. The van der Waals surface area contributed by atoms with Crippen LogP contribution in [0.4, 0.5) is 4.79 Å². The van der Waals surface area contributed by atoms with Gasteiger partial charge in [0.05, 0.1) is 13.2 Å². The van der Waals surface area contributed by atoms with Gasteiger partial charge in [0.2, 0.25) is 0 Å². The number of urea groups is 1. The molecule has 0 spiro atoms. The first-order valence-electron chi connectivity index (χ1n) is 7.94. The number of rotatable bonds is 8. The van der Waals surface area contributed by atoms with Gasteiger partial charge >= 0.3 is 12.0 Å². The van der Waals surface area contributed by atoms with Crippen molar-refractivity contribution >= 4 is 23.3 Å². The number of methoxy groups -OCH3 is 1. The lowest BCUT2D eigenvalue weighted by atomic mass is 10.1. The number of esters is 1. The molecule has 24 heavy (non-hydrogen) atoms. The molecule has 1 aromatic rings. The maximum absolute atomic E-state index is 12.5. The molecule has 0 aliphatic carbocycles. The molecule has 0 aromatic carbocycles.